The fourth-order valence-corrected chi connectivity index (χ4v) is 1.89. The summed E-state index contributed by atoms with van der Waals surface area (Å²) in [6, 6.07) is 0. The summed E-state index contributed by atoms with van der Waals surface area (Å²) in [4.78, 5) is 0. The Balaban J connectivity index is 2.16. The molecule has 1 rings (SSSR count). The first-order valence-electron chi connectivity index (χ1n) is 3.99. The standard InChI is InChI=1S/C7H14FO2P/c1-11(8,9)10-6-7-4-2-3-5-7/h7H,2-6H2,1H3. The van der Waals surface area contributed by atoms with E-state index < -0.39 is 7.68 Å². The normalized spacial score (nSPS) is 25.3. The minimum Gasteiger partial charge on any atom is -0.305 e. The van der Waals surface area contributed by atoms with Gasteiger partial charge in [-0.2, -0.15) is 4.20 Å². The van der Waals surface area contributed by atoms with Gasteiger partial charge in [0.15, 0.2) is 0 Å². The molecule has 0 saturated heterocycles. The lowest BCUT2D eigenvalue weighted by Crippen LogP contribution is -2.02. The van der Waals surface area contributed by atoms with Crippen LogP contribution in [0.2, 0.25) is 0 Å². The fraction of sp³-hybridized carbons (Fsp3) is 1.00. The molecule has 1 aliphatic rings. The summed E-state index contributed by atoms with van der Waals surface area (Å²) in [5.74, 6) is 0.444. The Kier molecular flexibility index (Phi) is 3.08. The Bertz CT molecular complexity index is 160. The SMILES string of the molecule is CP(=O)(F)OCC1CCCC1. The molecule has 0 aromatic heterocycles. The van der Waals surface area contributed by atoms with E-state index in [1.165, 1.54) is 12.8 Å². The quantitative estimate of drug-likeness (QED) is 0.624. The molecular weight excluding hydrogens is 166 g/mol. The van der Waals surface area contributed by atoms with Crippen molar-refractivity contribution in [2.24, 2.45) is 5.92 Å². The van der Waals surface area contributed by atoms with Gasteiger partial charge < -0.3 is 4.52 Å². The average molecular weight is 180 g/mol. The molecule has 66 valence electrons. The van der Waals surface area contributed by atoms with E-state index in [4.69, 9.17) is 0 Å². The van der Waals surface area contributed by atoms with Gasteiger partial charge >= 0.3 is 7.68 Å². The molecule has 0 amide bonds. The van der Waals surface area contributed by atoms with E-state index in [0.29, 0.717) is 12.5 Å². The van der Waals surface area contributed by atoms with Crippen molar-refractivity contribution < 1.29 is 13.3 Å². The molecule has 0 aromatic rings. The van der Waals surface area contributed by atoms with Crippen molar-refractivity contribution in [2.75, 3.05) is 13.3 Å². The number of hydrogen-bond donors (Lipinski definition) is 0. The second-order valence-electron chi connectivity index (χ2n) is 3.19. The van der Waals surface area contributed by atoms with E-state index in [1.807, 2.05) is 0 Å². The zero-order chi connectivity index (χ0) is 8.32. The van der Waals surface area contributed by atoms with E-state index >= 15 is 0 Å². The van der Waals surface area contributed by atoms with E-state index in [1.54, 1.807) is 0 Å². The Morgan fingerprint density at radius 3 is 2.55 bits per heavy atom. The number of rotatable bonds is 3. The van der Waals surface area contributed by atoms with Crippen LogP contribution in [0.3, 0.4) is 0 Å². The van der Waals surface area contributed by atoms with Crippen molar-refractivity contribution in [3.05, 3.63) is 0 Å². The summed E-state index contributed by atoms with van der Waals surface area (Å²) >= 11 is 0. The maximum Gasteiger partial charge on any atom is 0.364 e. The van der Waals surface area contributed by atoms with Gasteiger partial charge in [0.05, 0.1) is 6.61 Å². The van der Waals surface area contributed by atoms with Crippen molar-refractivity contribution in [1.82, 2.24) is 0 Å². The van der Waals surface area contributed by atoms with Crippen molar-refractivity contribution in [1.29, 1.82) is 0 Å². The molecule has 0 aliphatic heterocycles. The van der Waals surface area contributed by atoms with Crippen LogP contribution in [0.4, 0.5) is 4.20 Å². The molecule has 1 aliphatic carbocycles. The lowest BCUT2D eigenvalue weighted by Gasteiger charge is -2.09. The molecule has 0 aromatic carbocycles. The molecule has 1 unspecified atom stereocenters. The summed E-state index contributed by atoms with van der Waals surface area (Å²) in [5, 5.41) is 0. The minimum atomic E-state index is -3.72. The molecule has 0 spiro atoms. The molecule has 2 nitrogen and oxygen atoms in total. The summed E-state index contributed by atoms with van der Waals surface area (Å²) < 4.78 is 27.5. The van der Waals surface area contributed by atoms with Gasteiger partial charge in [-0.1, -0.05) is 12.8 Å². The zero-order valence-electron chi connectivity index (χ0n) is 6.75. The first-order chi connectivity index (χ1) is 5.08. The molecule has 0 radical (unpaired) electrons. The van der Waals surface area contributed by atoms with Gasteiger partial charge in [0.25, 0.3) is 0 Å². The second-order valence-corrected chi connectivity index (χ2v) is 4.94. The summed E-state index contributed by atoms with van der Waals surface area (Å²) in [7, 11) is -3.72. The smallest absolute Gasteiger partial charge is 0.305 e. The highest BCUT2D eigenvalue weighted by Crippen LogP contribution is 2.45. The largest absolute Gasteiger partial charge is 0.364 e. The Morgan fingerprint density at radius 1 is 1.55 bits per heavy atom. The van der Waals surface area contributed by atoms with Gasteiger partial charge in [-0.3, -0.25) is 4.57 Å². The van der Waals surface area contributed by atoms with Gasteiger partial charge in [0.1, 0.15) is 0 Å². The Hall–Kier alpha value is 0.120. The first-order valence-corrected chi connectivity index (χ1v) is 5.96. The molecule has 0 N–H and O–H groups in total. The third-order valence-corrected chi connectivity index (χ3v) is 2.63. The Morgan fingerprint density at radius 2 is 2.09 bits per heavy atom. The molecule has 1 atom stereocenters. The predicted molar refractivity (Wildman–Crippen MR) is 42.5 cm³/mol. The molecule has 0 heterocycles. The van der Waals surface area contributed by atoms with Crippen LogP contribution in [0.5, 0.6) is 0 Å². The second kappa shape index (κ2) is 3.68. The average Bonchev–Trinajstić information content (AvgIpc) is 2.32. The van der Waals surface area contributed by atoms with Crippen molar-refractivity contribution in [2.45, 2.75) is 25.7 Å². The highest BCUT2D eigenvalue weighted by atomic mass is 31.2. The van der Waals surface area contributed by atoms with Gasteiger partial charge in [0.2, 0.25) is 0 Å². The summed E-state index contributed by atoms with van der Waals surface area (Å²) in [6.07, 6.45) is 4.60. The van der Waals surface area contributed by atoms with Gasteiger partial charge in [-0.25, -0.2) is 0 Å². The molecule has 1 saturated carbocycles. The lowest BCUT2D eigenvalue weighted by atomic mass is 10.1. The third kappa shape index (κ3) is 3.88. The van der Waals surface area contributed by atoms with Crippen LogP contribution >= 0.6 is 7.68 Å². The van der Waals surface area contributed by atoms with Crippen LogP contribution in [0.25, 0.3) is 0 Å². The van der Waals surface area contributed by atoms with Crippen molar-refractivity contribution >= 4 is 7.68 Å². The first kappa shape index (κ1) is 9.21. The molecule has 4 heteroatoms. The molecule has 1 fully saturated rings. The van der Waals surface area contributed by atoms with Crippen LogP contribution in [0.15, 0.2) is 0 Å². The van der Waals surface area contributed by atoms with E-state index in [-0.39, 0.29) is 0 Å². The zero-order valence-corrected chi connectivity index (χ0v) is 7.65. The van der Waals surface area contributed by atoms with E-state index in [2.05, 4.69) is 4.52 Å². The van der Waals surface area contributed by atoms with E-state index in [9.17, 15) is 8.76 Å². The highest BCUT2D eigenvalue weighted by molar-refractivity contribution is 7.52. The van der Waals surface area contributed by atoms with Crippen molar-refractivity contribution in [3.8, 4) is 0 Å². The van der Waals surface area contributed by atoms with Crippen LogP contribution in [0, 0.1) is 5.92 Å². The predicted octanol–water partition coefficient (Wildman–Crippen LogP) is 2.99. The highest BCUT2D eigenvalue weighted by Gasteiger charge is 2.20. The lowest BCUT2D eigenvalue weighted by molar-refractivity contribution is 0.238. The summed E-state index contributed by atoms with van der Waals surface area (Å²) in [5.41, 5.74) is 0. The molecule has 11 heavy (non-hydrogen) atoms. The van der Waals surface area contributed by atoms with Crippen LogP contribution in [-0.2, 0) is 9.09 Å². The van der Waals surface area contributed by atoms with Crippen LogP contribution in [0.1, 0.15) is 25.7 Å². The molecule has 0 bridgehead atoms. The maximum atomic E-state index is 12.4. The minimum absolute atomic E-state index is 0.338. The van der Waals surface area contributed by atoms with E-state index in [0.717, 1.165) is 19.5 Å². The van der Waals surface area contributed by atoms with Gasteiger partial charge in [-0.15, -0.1) is 0 Å². The monoisotopic (exact) mass is 180 g/mol. The van der Waals surface area contributed by atoms with Crippen LogP contribution < -0.4 is 0 Å². The van der Waals surface area contributed by atoms with Gasteiger partial charge in [0, 0.05) is 6.66 Å². The molecular formula is C7H14FO2P. The van der Waals surface area contributed by atoms with Crippen molar-refractivity contribution in [3.63, 3.8) is 0 Å². The third-order valence-electron chi connectivity index (χ3n) is 2.02. The number of hydrogen-bond acceptors (Lipinski definition) is 2. The number of halogens is 1. The maximum absolute atomic E-state index is 12.4. The summed E-state index contributed by atoms with van der Waals surface area (Å²) in [6.45, 7) is 1.35. The Labute approximate surface area is 66.7 Å². The fourth-order valence-electron chi connectivity index (χ4n) is 1.42. The van der Waals surface area contributed by atoms with Crippen LogP contribution in [-0.4, -0.2) is 13.3 Å². The topological polar surface area (TPSA) is 26.3 Å². The van der Waals surface area contributed by atoms with Gasteiger partial charge in [-0.05, 0) is 18.8 Å².